The number of hydrogen-bond acceptors (Lipinski definition) is 2. The van der Waals surface area contributed by atoms with E-state index in [0.717, 1.165) is 23.3 Å². The molecule has 0 saturated heterocycles. The van der Waals surface area contributed by atoms with E-state index in [4.69, 9.17) is 16.9 Å². The number of nitrogens with one attached hydrogen (secondary N) is 1. The Kier molecular flexibility index (Phi) is 4.79. The summed E-state index contributed by atoms with van der Waals surface area (Å²) in [5, 5.41) is 11.0. The van der Waals surface area contributed by atoms with Crippen LogP contribution in [0.2, 0.25) is 5.02 Å². The van der Waals surface area contributed by atoms with Gasteiger partial charge in [-0.05, 0) is 47.9 Å². The molecule has 26 heavy (non-hydrogen) atoms. The Morgan fingerprint density at radius 2 is 1.96 bits per heavy atom. The molecule has 1 aliphatic rings. The van der Waals surface area contributed by atoms with E-state index in [9.17, 15) is 18.0 Å². The van der Waals surface area contributed by atoms with Crippen molar-refractivity contribution < 1.29 is 18.0 Å². The first-order valence-corrected chi connectivity index (χ1v) is 8.10. The highest BCUT2D eigenvalue weighted by molar-refractivity contribution is 6.31. The summed E-state index contributed by atoms with van der Waals surface area (Å²) in [7, 11) is 0. The first-order chi connectivity index (χ1) is 12.3. The van der Waals surface area contributed by atoms with E-state index in [1.807, 2.05) is 12.1 Å². The molecule has 0 radical (unpaired) electrons. The standard InChI is InChI=1S/C18H13ClF3N3O/c19-16-4-3-14(8-15(16)18(20,21)22)24-17(26)25-6-5-12-2-1-11(9-23)7-13(12)10-25/h1-4,7-8H,5-6,10H2,(H,24,26). The maximum atomic E-state index is 12.9. The van der Waals surface area contributed by atoms with Gasteiger partial charge in [0.2, 0.25) is 0 Å². The number of nitriles is 1. The molecule has 0 aromatic heterocycles. The van der Waals surface area contributed by atoms with Crippen molar-refractivity contribution in [3.8, 4) is 6.07 Å². The van der Waals surface area contributed by atoms with Crippen molar-refractivity contribution in [2.75, 3.05) is 11.9 Å². The van der Waals surface area contributed by atoms with Crippen molar-refractivity contribution >= 4 is 23.3 Å². The number of carbonyl (C=O) groups is 1. The van der Waals surface area contributed by atoms with Gasteiger partial charge in [0, 0.05) is 18.8 Å². The third kappa shape index (κ3) is 3.75. The number of benzene rings is 2. The molecule has 1 aliphatic heterocycles. The summed E-state index contributed by atoms with van der Waals surface area (Å²) >= 11 is 5.58. The van der Waals surface area contributed by atoms with Gasteiger partial charge in [0.05, 0.1) is 22.2 Å². The zero-order valence-electron chi connectivity index (χ0n) is 13.4. The average molecular weight is 380 g/mol. The number of carbonyl (C=O) groups excluding carboxylic acids is 1. The van der Waals surface area contributed by atoms with Gasteiger partial charge in [0.25, 0.3) is 0 Å². The highest BCUT2D eigenvalue weighted by Gasteiger charge is 2.33. The van der Waals surface area contributed by atoms with E-state index < -0.39 is 22.8 Å². The van der Waals surface area contributed by atoms with Crippen LogP contribution in [0.4, 0.5) is 23.7 Å². The number of alkyl halides is 3. The lowest BCUT2D eigenvalue weighted by Gasteiger charge is -2.29. The molecule has 0 spiro atoms. The first kappa shape index (κ1) is 18.1. The van der Waals surface area contributed by atoms with Crippen molar-refractivity contribution in [2.24, 2.45) is 0 Å². The smallest absolute Gasteiger partial charge is 0.320 e. The van der Waals surface area contributed by atoms with Crippen LogP contribution in [-0.4, -0.2) is 17.5 Å². The van der Waals surface area contributed by atoms with E-state index in [2.05, 4.69) is 5.32 Å². The van der Waals surface area contributed by atoms with Crippen LogP contribution in [0.15, 0.2) is 36.4 Å². The third-order valence-corrected chi connectivity index (χ3v) is 4.49. The summed E-state index contributed by atoms with van der Waals surface area (Å²) in [6.07, 6.45) is -3.99. The lowest BCUT2D eigenvalue weighted by molar-refractivity contribution is -0.137. The van der Waals surface area contributed by atoms with Crippen LogP contribution < -0.4 is 5.32 Å². The van der Waals surface area contributed by atoms with E-state index in [1.165, 1.54) is 11.0 Å². The SMILES string of the molecule is N#Cc1ccc2c(c1)CN(C(=O)Nc1ccc(Cl)c(C(F)(F)F)c1)CC2. The molecule has 0 bridgehead atoms. The van der Waals surface area contributed by atoms with Crippen LogP contribution in [0.5, 0.6) is 0 Å². The maximum absolute atomic E-state index is 12.9. The summed E-state index contributed by atoms with van der Waals surface area (Å²) in [6, 6.07) is 10.1. The molecular weight excluding hydrogens is 367 g/mol. The Balaban J connectivity index is 1.76. The van der Waals surface area contributed by atoms with Crippen LogP contribution in [0.3, 0.4) is 0 Å². The number of fused-ring (bicyclic) bond motifs is 1. The third-order valence-electron chi connectivity index (χ3n) is 4.16. The predicted molar refractivity (Wildman–Crippen MR) is 90.7 cm³/mol. The Hall–Kier alpha value is -2.72. The number of anilines is 1. The monoisotopic (exact) mass is 379 g/mol. The molecular formula is C18H13ClF3N3O. The highest BCUT2D eigenvalue weighted by atomic mass is 35.5. The van der Waals surface area contributed by atoms with Crippen LogP contribution >= 0.6 is 11.6 Å². The molecule has 0 unspecified atom stereocenters. The number of amides is 2. The largest absolute Gasteiger partial charge is 0.417 e. The Labute approximate surface area is 152 Å². The number of halogens is 4. The lowest BCUT2D eigenvalue weighted by atomic mass is 9.98. The second kappa shape index (κ2) is 6.89. The van der Waals surface area contributed by atoms with Gasteiger partial charge in [-0.25, -0.2) is 4.79 Å². The first-order valence-electron chi connectivity index (χ1n) is 7.72. The number of hydrogen-bond donors (Lipinski definition) is 1. The summed E-state index contributed by atoms with van der Waals surface area (Å²) in [6.45, 7) is 0.723. The van der Waals surface area contributed by atoms with Gasteiger partial charge in [0.15, 0.2) is 0 Å². The fraction of sp³-hybridized carbons (Fsp3) is 0.222. The Bertz CT molecular complexity index is 906. The van der Waals surface area contributed by atoms with E-state index in [1.54, 1.807) is 12.1 Å². The van der Waals surface area contributed by atoms with Crippen molar-refractivity contribution in [3.05, 3.63) is 63.7 Å². The molecule has 4 nitrogen and oxygen atoms in total. The van der Waals surface area contributed by atoms with Gasteiger partial charge in [0.1, 0.15) is 0 Å². The summed E-state index contributed by atoms with van der Waals surface area (Å²) in [4.78, 5) is 13.9. The zero-order valence-corrected chi connectivity index (χ0v) is 14.2. The minimum atomic E-state index is -4.60. The van der Waals surface area contributed by atoms with E-state index in [-0.39, 0.29) is 12.2 Å². The summed E-state index contributed by atoms with van der Waals surface area (Å²) in [5.74, 6) is 0. The van der Waals surface area contributed by atoms with Crippen molar-refractivity contribution in [2.45, 2.75) is 19.1 Å². The molecule has 3 rings (SSSR count). The number of rotatable bonds is 1. The maximum Gasteiger partial charge on any atom is 0.417 e. The van der Waals surface area contributed by atoms with E-state index in [0.29, 0.717) is 18.5 Å². The molecule has 2 aromatic carbocycles. The normalized spacial score (nSPS) is 13.7. The number of nitrogens with zero attached hydrogens (tertiary/aromatic N) is 2. The molecule has 2 amide bonds. The molecule has 2 aromatic rings. The van der Waals surface area contributed by atoms with Crippen LogP contribution in [0.25, 0.3) is 0 Å². The molecule has 0 fully saturated rings. The summed E-state index contributed by atoms with van der Waals surface area (Å²) < 4.78 is 38.8. The highest BCUT2D eigenvalue weighted by Crippen LogP contribution is 2.36. The van der Waals surface area contributed by atoms with Gasteiger partial charge in [-0.2, -0.15) is 18.4 Å². The van der Waals surface area contributed by atoms with Crippen molar-refractivity contribution in [1.29, 1.82) is 5.26 Å². The van der Waals surface area contributed by atoms with Crippen LogP contribution in [-0.2, 0) is 19.1 Å². The van der Waals surface area contributed by atoms with Crippen LogP contribution in [0, 0.1) is 11.3 Å². The topological polar surface area (TPSA) is 56.1 Å². The average Bonchev–Trinajstić information content (AvgIpc) is 2.61. The van der Waals surface area contributed by atoms with Gasteiger partial charge >= 0.3 is 12.2 Å². The van der Waals surface area contributed by atoms with Gasteiger partial charge < -0.3 is 10.2 Å². The van der Waals surface area contributed by atoms with Gasteiger partial charge in [-0.3, -0.25) is 0 Å². The van der Waals surface area contributed by atoms with Crippen molar-refractivity contribution in [3.63, 3.8) is 0 Å². The molecule has 0 aliphatic carbocycles. The minimum absolute atomic E-state index is 0.0169. The lowest BCUT2D eigenvalue weighted by Crippen LogP contribution is -2.38. The molecule has 0 saturated carbocycles. The second-order valence-electron chi connectivity index (χ2n) is 5.89. The fourth-order valence-corrected chi connectivity index (χ4v) is 3.05. The molecule has 1 heterocycles. The molecule has 134 valence electrons. The van der Waals surface area contributed by atoms with Crippen molar-refractivity contribution in [1.82, 2.24) is 4.90 Å². The Morgan fingerprint density at radius 3 is 2.65 bits per heavy atom. The van der Waals surface area contributed by atoms with Gasteiger partial charge in [-0.1, -0.05) is 17.7 Å². The summed E-state index contributed by atoms with van der Waals surface area (Å²) in [5.41, 5.74) is 1.43. The fourth-order valence-electron chi connectivity index (χ4n) is 2.82. The molecule has 8 heteroatoms. The zero-order chi connectivity index (χ0) is 18.9. The second-order valence-corrected chi connectivity index (χ2v) is 6.30. The quantitative estimate of drug-likeness (QED) is 0.772. The van der Waals surface area contributed by atoms with Crippen LogP contribution in [0.1, 0.15) is 22.3 Å². The molecule has 1 N–H and O–H groups in total. The number of urea groups is 1. The van der Waals surface area contributed by atoms with E-state index >= 15 is 0 Å². The predicted octanol–water partition coefficient (Wildman–Crippen LogP) is 4.82. The molecule has 0 atom stereocenters. The van der Waals surface area contributed by atoms with Gasteiger partial charge in [-0.15, -0.1) is 0 Å². The Morgan fingerprint density at radius 1 is 1.19 bits per heavy atom. The minimum Gasteiger partial charge on any atom is -0.320 e.